The largest absolute Gasteiger partial charge is 0.486 e. The predicted molar refractivity (Wildman–Crippen MR) is 148 cm³/mol. The number of fused-ring (bicyclic) bond motifs is 2. The summed E-state index contributed by atoms with van der Waals surface area (Å²) >= 11 is 0. The molecule has 3 heterocycles. The van der Waals surface area contributed by atoms with Crippen LogP contribution in [0.3, 0.4) is 0 Å². The standard InChI is InChI=1S/C29H30N6O6/c1-29(11-5-14-36,28(39)30-2)35-26(37)22-6-4-7-24(25(22)27(35)38)41-18-20-17-34(32-31-20)21-8-9-23-19(16-21)10-12-33(23)13-15-40-3/h4,6-10,12,14,16-17H,5,11,13,15,18H2,1-3H3,(H,30,39). The van der Waals surface area contributed by atoms with Gasteiger partial charge in [0.2, 0.25) is 5.91 Å². The summed E-state index contributed by atoms with van der Waals surface area (Å²) in [5, 5.41) is 12.0. The van der Waals surface area contributed by atoms with Crippen molar-refractivity contribution < 1.29 is 28.7 Å². The normalized spacial score (nSPS) is 14.3. The molecule has 0 radical (unpaired) electrons. The van der Waals surface area contributed by atoms with Gasteiger partial charge in [0.05, 0.1) is 29.6 Å². The number of methoxy groups -OCH3 is 1. The van der Waals surface area contributed by atoms with E-state index in [1.807, 2.05) is 30.5 Å². The van der Waals surface area contributed by atoms with Crippen molar-refractivity contribution in [1.29, 1.82) is 0 Å². The van der Waals surface area contributed by atoms with E-state index < -0.39 is 23.3 Å². The molecule has 0 fully saturated rings. The highest BCUT2D eigenvalue weighted by molar-refractivity contribution is 6.24. The van der Waals surface area contributed by atoms with Crippen LogP contribution >= 0.6 is 0 Å². The first-order chi connectivity index (χ1) is 19.8. The number of likely N-dealkylation sites (N-methyl/N-ethyl adjacent to an activating group) is 1. The number of ether oxygens (including phenoxy) is 2. The zero-order valence-electron chi connectivity index (χ0n) is 23.0. The van der Waals surface area contributed by atoms with Crippen LogP contribution in [0.5, 0.6) is 5.75 Å². The number of nitrogens with one attached hydrogen (secondary N) is 1. The molecule has 0 bridgehead atoms. The first kappa shape index (κ1) is 27.7. The van der Waals surface area contributed by atoms with E-state index in [1.165, 1.54) is 20.0 Å². The van der Waals surface area contributed by atoms with Crippen LogP contribution in [-0.2, 0) is 27.5 Å². The summed E-state index contributed by atoms with van der Waals surface area (Å²) in [6.07, 6.45) is 4.39. The molecule has 2 aromatic heterocycles. The van der Waals surface area contributed by atoms with Gasteiger partial charge in [-0.15, -0.1) is 5.10 Å². The van der Waals surface area contributed by atoms with Gasteiger partial charge in [-0.1, -0.05) is 11.3 Å². The number of aromatic nitrogens is 4. The molecule has 5 rings (SSSR count). The molecule has 0 aliphatic carbocycles. The minimum atomic E-state index is -1.55. The Labute approximate surface area is 235 Å². The highest BCUT2D eigenvalue weighted by atomic mass is 16.5. The Morgan fingerprint density at radius 2 is 1.98 bits per heavy atom. The van der Waals surface area contributed by atoms with Crippen LogP contribution in [0.4, 0.5) is 0 Å². The molecule has 1 atom stereocenters. The lowest BCUT2D eigenvalue weighted by atomic mass is 9.92. The summed E-state index contributed by atoms with van der Waals surface area (Å²) in [7, 11) is 3.09. The van der Waals surface area contributed by atoms with Gasteiger partial charge in [0.1, 0.15) is 29.9 Å². The van der Waals surface area contributed by atoms with Crippen LogP contribution in [0, 0.1) is 0 Å². The Morgan fingerprint density at radius 1 is 1.15 bits per heavy atom. The van der Waals surface area contributed by atoms with Gasteiger partial charge in [0, 0.05) is 44.2 Å². The molecule has 1 aliphatic heterocycles. The van der Waals surface area contributed by atoms with Crippen LogP contribution in [0.1, 0.15) is 46.2 Å². The first-order valence-corrected chi connectivity index (χ1v) is 13.1. The minimum absolute atomic E-state index is 0.00290. The summed E-state index contributed by atoms with van der Waals surface area (Å²) in [6.45, 7) is 2.84. The average molecular weight is 559 g/mol. The maximum atomic E-state index is 13.5. The van der Waals surface area contributed by atoms with Crippen LogP contribution in [0.2, 0.25) is 0 Å². The molecule has 12 nitrogen and oxygen atoms in total. The lowest BCUT2D eigenvalue weighted by molar-refractivity contribution is -0.130. The number of aldehydes is 1. The number of carbonyl (C=O) groups is 4. The fourth-order valence-electron chi connectivity index (χ4n) is 5.12. The van der Waals surface area contributed by atoms with Gasteiger partial charge in [-0.2, -0.15) is 0 Å². The van der Waals surface area contributed by atoms with Gasteiger partial charge >= 0.3 is 0 Å². The summed E-state index contributed by atoms with van der Waals surface area (Å²) < 4.78 is 14.9. The third-order valence-electron chi connectivity index (χ3n) is 7.31. The minimum Gasteiger partial charge on any atom is -0.486 e. The second-order valence-corrected chi connectivity index (χ2v) is 9.87. The second kappa shape index (κ2) is 11.3. The van der Waals surface area contributed by atoms with E-state index in [9.17, 15) is 19.2 Å². The van der Waals surface area contributed by atoms with Gasteiger partial charge in [0.25, 0.3) is 11.8 Å². The van der Waals surface area contributed by atoms with Gasteiger partial charge in [-0.25, -0.2) is 4.68 Å². The molecule has 41 heavy (non-hydrogen) atoms. The molecule has 0 spiro atoms. The van der Waals surface area contributed by atoms with E-state index in [0.29, 0.717) is 18.6 Å². The van der Waals surface area contributed by atoms with E-state index in [1.54, 1.807) is 30.1 Å². The van der Waals surface area contributed by atoms with E-state index in [0.717, 1.165) is 28.0 Å². The maximum Gasteiger partial charge on any atom is 0.266 e. The van der Waals surface area contributed by atoms with Gasteiger partial charge in [0.15, 0.2) is 0 Å². The van der Waals surface area contributed by atoms with Crippen molar-refractivity contribution in [2.45, 2.75) is 38.5 Å². The van der Waals surface area contributed by atoms with Crippen molar-refractivity contribution in [1.82, 2.24) is 29.8 Å². The number of amides is 3. The number of hydrogen-bond acceptors (Lipinski definition) is 8. The van der Waals surface area contributed by atoms with E-state index in [-0.39, 0.29) is 36.3 Å². The van der Waals surface area contributed by atoms with Crippen molar-refractivity contribution in [3.8, 4) is 11.4 Å². The fourth-order valence-corrected chi connectivity index (χ4v) is 5.12. The SMILES string of the molecule is CNC(=O)C(C)(CCC=O)N1C(=O)c2cccc(OCc3cn(-c4ccc5c(ccn5CCOC)c4)nn3)c2C1=O. The molecule has 2 aromatic carbocycles. The summed E-state index contributed by atoms with van der Waals surface area (Å²) in [6, 6.07) is 12.7. The van der Waals surface area contributed by atoms with Crippen molar-refractivity contribution >= 4 is 34.9 Å². The molecule has 1 unspecified atom stereocenters. The molecule has 12 heteroatoms. The van der Waals surface area contributed by atoms with E-state index in [4.69, 9.17) is 9.47 Å². The molecule has 4 aromatic rings. The molecular weight excluding hydrogens is 528 g/mol. The average Bonchev–Trinajstić information content (AvgIpc) is 3.69. The zero-order chi connectivity index (χ0) is 29.1. The van der Waals surface area contributed by atoms with Crippen molar-refractivity contribution in [3.05, 3.63) is 71.7 Å². The molecule has 3 amide bonds. The summed E-state index contributed by atoms with van der Waals surface area (Å²) in [5.41, 5.74) is 1.06. The zero-order valence-corrected chi connectivity index (χ0v) is 23.0. The molecule has 1 aliphatic rings. The summed E-state index contributed by atoms with van der Waals surface area (Å²) in [4.78, 5) is 51.6. The lowest BCUT2D eigenvalue weighted by Crippen LogP contribution is -2.58. The highest BCUT2D eigenvalue weighted by Crippen LogP contribution is 2.37. The molecule has 1 N–H and O–H groups in total. The van der Waals surface area contributed by atoms with Crippen LogP contribution < -0.4 is 10.1 Å². The Kier molecular flexibility index (Phi) is 7.66. The number of carbonyl (C=O) groups excluding carboxylic acids is 4. The molecule has 0 saturated heterocycles. The number of nitrogens with zero attached hydrogens (tertiary/aromatic N) is 5. The first-order valence-electron chi connectivity index (χ1n) is 13.1. The Morgan fingerprint density at radius 3 is 2.73 bits per heavy atom. The van der Waals surface area contributed by atoms with Crippen LogP contribution in [0.15, 0.2) is 54.9 Å². The third-order valence-corrected chi connectivity index (χ3v) is 7.31. The molecular formula is C29H30N6O6. The van der Waals surface area contributed by atoms with Crippen molar-refractivity contribution in [2.24, 2.45) is 0 Å². The topological polar surface area (TPSA) is 138 Å². The van der Waals surface area contributed by atoms with Gasteiger partial charge in [-0.3, -0.25) is 19.3 Å². The Hall–Kier alpha value is -4.84. The lowest BCUT2D eigenvalue weighted by Gasteiger charge is -2.35. The number of benzene rings is 2. The van der Waals surface area contributed by atoms with Crippen LogP contribution in [-0.4, -0.2) is 74.8 Å². The quantitative estimate of drug-likeness (QED) is 0.207. The molecule has 0 saturated carbocycles. The Balaban J connectivity index is 1.35. The number of rotatable bonds is 12. The number of imide groups is 1. The third kappa shape index (κ3) is 4.97. The monoisotopic (exact) mass is 558 g/mol. The Bertz CT molecular complexity index is 1640. The maximum absolute atomic E-state index is 13.5. The van der Waals surface area contributed by atoms with E-state index in [2.05, 4.69) is 20.2 Å². The fraction of sp³-hybridized carbons (Fsp3) is 0.310. The van der Waals surface area contributed by atoms with Crippen LogP contribution in [0.25, 0.3) is 16.6 Å². The van der Waals surface area contributed by atoms with Crippen molar-refractivity contribution in [2.75, 3.05) is 20.8 Å². The van der Waals surface area contributed by atoms with Gasteiger partial charge < -0.3 is 24.2 Å². The highest BCUT2D eigenvalue weighted by Gasteiger charge is 2.51. The number of hydrogen-bond donors (Lipinski definition) is 1. The van der Waals surface area contributed by atoms with E-state index >= 15 is 0 Å². The smallest absolute Gasteiger partial charge is 0.266 e. The predicted octanol–water partition coefficient (Wildman–Crippen LogP) is 2.53. The molecule has 212 valence electrons. The van der Waals surface area contributed by atoms with Crippen molar-refractivity contribution in [3.63, 3.8) is 0 Å². The van der Waals surface area contributed by atoms with Gasteiger partial charge in [-0.05, 0) is 49.7 Å². The second-order valence-electron chi connectivity index (χ2n) is 9.87. The summed E-state index contributed by atoms with van der Waals surface area (Å²) in [5.74, 6) is -1.64.